The van der Waals surface area contributed by atoms with Gasteiger partial charge in [0.25, 0.3) is 0 Å². The molecule has 0 radical (unpaired) electrons. The molecule has 11 aromatic carbocycles. The van der Waals surface area contributed by atoms with E-state index in [1.54, 1.807) is 6.07 Å². The summed E-state index contributed by atoms with van der Waals surface area (Å²) in [4.78, 5) is 4.43. The van der Waals surface area contributed by atoms with Crippen LogP contribution in [-0.2, 0) is 0 Å². The van der Waals surface area contributed by atoms with E-state index < -0.39 is 8.07 Å². The van der Waals surface area contributed by atoms with Crippen LogP contribution in [0.3, 0.4) is 0 Å². The first kappa shape index (κ1) is 43.2. The Kier molecular flexibility index (Phi) is 11.0. The van der Waals surface area contributed by atoms with Gasteiger partial charge in [0.2, 0.25) is 0 Å². The Morgan fingerprint density at radius 3 is 1.50 bits per heavy atom. The monoisotopic (exact) mass is 936 g/mol. The molecule has 0 fully saturated rings. The highest BCUT2D eigenvalue weighted by Gasteiger charge is 2.25. The Morgan fingerprint density at radius 1 is 0.357 bits per heavy atom. The number of fused-ring (bicyclic) bond motifs is 8. The second-order valence-electron chi connectivity index (χ2n) is 19.1. The number of benzene rings is 11. The third kappa shape index (κ3) is 7.83. The van der Waals surface area contributed by atoms with Crippen LogP contribution in [0, 0.1) is 5.82 Å². The Bertz CT molecular complexity index is 3850. The average molecular weight is 937 g/mol. The molecular formula is C65H49FN2SSi. The second kappa shape index (κ2) is 17.8. The van der Waals surface area contributed by atoms with Crippen molar-refractivity contribution in [2.24, 2.45) is 0 Å². The Balaban J connectivity index is 0.974. The largest absolute Gasteiger partial charge is 0.311 e. The zero-order valence-electron chi connectivity index (χ0n) is 39.3. The van der Waals surface area contributed by atoms with Crippen LogP contribution >= 0.6 is 11.3 Å². The van der Waals surface area contributed by atoms with E-state index in [0.29, 0.717) is 5.69 Å². The van der Waals surface area contributed by atoms with Crippen molar-refractivity contribution in [2.75, 3.05) is 9.80 Å². The maximum absolute atomic E-state index is 17.3. The lowest BCUT2D eigenvalue weighted by molar-refractivity contribution is 0.630. The molecule has 0 aliphatic carbocycles. The molecule has 0 spiro atoms. The fourth-order valence-corrected chi connectivity index (χ4v) is 12.6. The van der Waals surface area contributed by atoms with Gasteiger partial charge < -0.3 is 9.80 Å². The molecule has 0 amide bonds. The van der Waals surface area contributed by atoms with E-state index in [2.05, 4.69) is 199 Å². The summed E-state index contributed by atoms with van der Waals surface area (Å²) in [5, 5.41) is 8.79. The molecular weight excluding hydrogens is 888 g/mol. The number of nitrogens with zero attached hydrogens (tertiary/aromatic N) is 2. The molecule has 0 N–H and O–H groups in total. The molecule has 12 aromatic rings. The predicted octanol–water partition coefficient (Wildman–Crippen LogP) is 19.0. The summed E-state index contributed by atoms with van der Waals surface area (Å²) in [6.45, 7) is 7.18. The third-order valence-electron chi connectivity index (χ3n) is 13.6. The average Bonchev–Trinajstić information content (AvgIpc) is 3.80. The molecule has 0 atom stereocenters. The zero-order chi connectivity index (χ0) is 47.3. The van der Waals surface area contributed by atoms with Crippen LogP contribution in [0.4, 0.5) is 38.5 Å². The first-order chi connectivity index (χ1) is 34.3. The molecule has 0 aliphatic heterocycles. The molecule has 12 rings (SSSR count). The number of thiophene rings is 1. The lowest BCUT2D eigenvalue weighted by Crippen LogP contribution is -2.37. The highest BCUT2D eigenvalue weighted by atomic mass is 32.1. The number of hydrogen-bond donors (Lipinski definition) is 0. The lowest BCUT2D eigenvalue weighted by atomic mass is 9.94. The molecule has 70 heavy (non-hydrogen) atoms. The van der Waals surface area contributed by atoms with Crippen LogP contribution in [0.5, 0.6) is 0 Å². The molecule has 0 bridgehead atoms. The van der Waals surface area contributed by atoms with Gasteiger partial charge in [0.1, 0.15) is 5.82 Å². The third-order valence-corrected chi connectivity index (χ3v) is 16.9. The van der Waals surface area contributed by atoms with Crippen LogP contribution in [0.2, 0.25) is 19.6 Å². The van der Waals surface area contributed by atoms with E-state index in [1.807, 2.05) is 78.1 Å². The summed E-state index contributed by atoms with van der Waals surface area (Å²) in [5.41, 5.74) is 11.6. The first-order valence-corrected chi connectivity index (χ1v) is 28.2. The molecule has 0 saturated carbocycles. The van der Waals surface area contributed by atoms with Crippen LogP contribution in [0.15, 0.2) is 243 Å². The van der Waals surface area contributed by atoms with Gasteiger partial charge in [-0.2, -0.15) is 0 Å². The van der Waals surface area contributed by atoms with Gasteiger partial charge in [-0.3, -0.25) is 0 Å². The van der Waals surface area contributed by atoms with Crippen molar-refractivity contribution < 1.29 is 4.39 Å². The van der Waals surface area contributed by atoms with Crippen molar-refractivity contribution in [3.05, 3.63) is 248 Å². The Morgan fingerprint density at radius 2 is 0.857 bits per heavy atom. The number of halogens is 1. The number of rotatable bonds is 10. The minimum atomic E-state index is -1.44. The van der Waals surface area contributed by atoms with Gasteiger partial charge in [0.05, 0.1) is 13.8 Å². The van der Waals surface area contributed by atoms with Crippen LogP contribution in [-0.4, -0.2) is 8.07 Å². The summed E-state index contributed by atoms with van der Waals surface area (Å²) < 4.78 is 19.7. The number of anilines is 6. The summed E-state index contributed by atoms with van der Waals surface area (Å²) in [6.07, 6.45) is 0. The highest BCUT2D eigenvalue weighted by Crippen LogP contribution is 2.49. The van der Waals surface area contributed by atoms with E-state index in [1.165, 1.54) is 47.8 Å². The fourth-order valence-electron chi connectivity index (χ4n) is 10.1. The zero-order valence-corrected chi connectivity index (χ0v) is 41.1. The van der Waals surface area contributed by atoms with Gasteiger partial charge >= 0.3 is 0 Å². The van der Waals surface area contributed by atoms with Crippen LogP contribution < -0.4 is 15.0 Å². The second-order valence-corrected chi connectivity index (χ2v) is 25.2. The molecule has 0 aliphatic rings. The number of hydrogen-bond acceptors (Lipinski definition) is 3. The van der Waals surface area contributed by atoms with Gasteiger partial charge in [-0.15, -0.1) is 11.3 Å². The summed E-state index contributed by atoms with van der Waals surface area (Å²) >= 11 is 1.81. The maximum Gasteiger partial charge on any atom is 0.148 e. The molecule has 0 unspecified atom stereocenters. The topological polar surface area (TPSA) is 6.48 Å². The van der Waals surface area contributed by atoms with Gasteiger partial charge in [-0.25, -0.2) is 4.39 Å². The fraction of sp³-hybridized carbons (Fsp3) is 0.0462. The predicted molar refractivity (Wildman–Crippen MR) is 303 cm³/mol. The van der Waals surface area contributed by atoms with Gasteiger partial charge in [0.15, 0.2) is 0 Å². The first-order valence-electron chi connectivity index (χ1n) is 23.9. The molecule has 1 aromatic heterocycles. The summed E-state index contributed by atoms with van der Waals surface area (Å²) in [5.74, 6) is -0.288. The van der Waals surface area contributed by atoms with E-state index in [0.717, 1.165) is 61.0 Å². The highest BCUT2D eigenvalue weighted by molar-refractivity contribution is 7.27. The molecule has 5 heteroatoms. The van der Waals surface area contributed by atoms with Crippen molar-refractivity contribution in [1.29, 1.82) is 0 Å². The van der Waals surface area contributed by atoms with E-state index >= 15 is 4.39 Å². The van der Waals surface area contributed by atoms with Crippen LogP contribution in [0.25, 0.3) is 75.1 Å². The van der Waals surface area contributed by atoms with Gasteiger partial charge in [0, 0.05) is 59.6 Å². The lowest BCUT2D eigenvalue weighted by Gasteiger charge is -2.29. The van der Waals surface area contributed by atoms with Crippen molar-refractivity contribution in [3.8, 4) is 33.4 Å². The Labute approximate surface area is 413 Å². The van der Waals surface area contributed by atoms with Crippen molar-refractivity contribution in [2.45, 2.75) is 19.6 Å². The number of para-hydroxylation sites is 2. The van der Waals surface area contributed by atoms with Crippen LogP contribution in [0.1, 0.15) is 0 Å². The van der Waals surface area contributed by atoms with E-state index in [9.17, 15) is 0 Å². The SMILES string of the molecule is C[Si](C)(C)c1ccc(N(c2ccccc2)c2ccc(-c3ccc4c(c3)c3ccccc3c3c5ccc(N(c6ccccc6)c6c(F)cc(-c7ccccc7)cc6-c6ccccc6)cc5sc43)cc2)cc1. The van der Waals surface area contributed by atoms with Gasteiger partial charge in [-0.05, 0) is 123 Å². The summed E-state index contributed by atoms with van der Waals surface area (Å²) in [6, 6.07) is 85.4. The van der Waals surface area contributed by atoms with Gasteiger partial charge in [-0.1, -0.05) is 189 Å². The summed E-state index contributed by atoms with van der Waals surface area (Å²) in [7, 11) is -1.44. The molecule has 0 saturated heterocycles. The van der Waals surface area contributed by atoms with Crippen molar-refractivity contribution >= 4 is 100 Å². The standard InChI is InChI=1S/C65H49FN2SSi/c1-70(2,3)54-36-33-52(34-37-54)67(49-22-12-6-13-23-49)51-31-28-45(29-32-51)47-30-38-57-60(40-47)55-26-16-17-27-56(55)63-58-39-35-53(43-62(58)69-65(57)63)68(50-24-14-7-15-25-50)64-59(46-20-10-5-11-21-46)41-48(42-61(64)66)44-18-8-4-9-19-44/h4-43H,1-3H3. The normalized spacial score (nSPS) is 11.7. The van der Waals surface area contributed by atoms with E-state index in [-0.39, 0.29) is 5.82 Å². The van der Waals surface area contributed by atoms with E-state index in [4.69, 9.17) is 0 Å². The maximum atomic E-state index is 17.3. The minimum Gasteiger partial charge on any atom is -0.311 e. The minimum absolute atomic E-state index is 0.288. The quantitative estimate of drug-likeness (QED) is 0.0996. The smallest absolute Gasteiger partial charge is 0.148 e. The molecule has 336 valence electrons. The van der Waals surface area contributed by atoms with Crippen molar-refractivity contribution in [1.82, 2.24) is 0 Å². The van der Waals surface area contributed by atoms with Crippen molar-refractivity contribution in [3.63, 3.8) is 0 Å². The molecule has 1 heterocycles. The molecule has 2 nitrogen and oxygen atoms in total. The Hall–Kier alpha value is -8.09.